The summed E-state index contributed by atoms with van der Waals surface area (Å²) < 4.78 is 34.1. The maximum Gasteiger partial charge on any atom is 0.410 e. The number of imide groups is 1. The number of hydrogen-bond acceptors (Lipinski definition) is 21. The van der Waals surface area contributed by atoms with E-state index in [1.807, 2.05) is 56.0 Å². The lowest BCUT2D eigenvalue weighted by Crippen LogP contribution is -2.77. The fourth-order valence-electron chi connectivity index (χ4n) is 13.3. The van der Waals surface area contributed by atoms with Crippen LogP contribution in [0, 0.1) is 29.6 Å². The zero-order valence-electron chi connectivity index (χ0n) is 57.8. The molecular formula is C68H100N8O21. The number of rotatable bonds is 35. The molecule has 29 heteroatoms. The first-order chi connectivity index (χ1) is 45.9. The highest BCUT2D eigenvalue weighted by atomic mass is 16.7. The van der Waals surface area contributed by atoms with Gasteiger partial charge in [0.25, 0.3) is 11.8 Å². The number of carbonyl (C=O) groups excluding carboxylic acids is 9. The van der Waals surface area contributed by atoms with Gasteiger partial charge in [0.05, 0.1) is 49.1 Å². The number of likely N-dealkylation sites (N-methyl/N-ethyl adjacent to an activating group) is 2. The molecule has 6 rings (SSSR count). The van der Waals surface area contributed by atoms with Crippen molar-refractivity contribution in [2.45, 2.75) is 179 Å². The normalized spacial score (nSPS) is 22.9. The molecule has 97 heavy (non-hydrogen) atoms. The Hall–Kier alpha value is -7.48. The number of aliphatic hydroxyl groups excluding tert-OH is 4. The second-order valence-electron chi connectivity index (χ2n) is 26.5. The number of ketones is 1. The number of hydrogen-bond donors (Lipinski definition) is 8. The predicted octanol–water partition coefficient (Wildman–Crippen LogP) is 2.01. The van der Waals surface area contributed by atoms with E-state index in [9.17, 15) is 73.5 Å². The highest BCUT2D eigenvalue weighted by molar-refractivity contribution is 6.16. The number of aliphatic carboxylic acids is 1. The Balaban J connectivity index is 1.13. The molecular weight excluding hydrogens is 1260 g/mol. The molecule has 29 nitrogen and oxygen atoms in total. The maximum absolute atomic E-state index is 14.9. The second kappa shape index (κ2) is 35.3. The van der Waals surface area contributed by atoms with Gasteiger partial charge >= 0.3 is 12.1 Å². The number of likely N-dealkylation sites (tertiary alicyclic amines) is 2. The zero-order chi connectivity index (χ0) is 71.9. The number of amides is 8. The van der Waals surface area contributed by atoms with Crippen LogP contribution in [0.15, 0.2) is 60.7 Å². The number of carboxylic acid groups (broad SMARTS) is 1. The molecule has 2 aromatic rings. The first-order valence-corrected chi connectivity index (χ1v) is 33.0. The molecule has 0 radical (unpaired) electrons. The van der Waals surface area contributed by atoms with Crippen LogP contribution in [0.4, 0.5) is 10.5 Å². The molecule has 8 N–H and O–H groups in total. The Labute approximate surface area is 566 Å². The Bertz CT molecular complexity index is 3090. The summed E-state index contributed by atoms with van der Waals surface area (Å²) >= 11 is 0. The summed E-state index contributed by atoms with van der Waals surface area (Å²) in [6.45, 7) is 14.8. The van der Waals surface area contributed by atoms with Crippen LogP contribution in [-0.4, -0.2) is 257 Å². The first kappa shape index (κ1) is 78.5. The summed E-state index contributed by atoms with van der Waals surface area (Å²) in [5, 5.41) is 60.6. The lowest BCUT2D eigenvalue weighted by molar-refractivity contribution is -0.271. The van der Waals surface area contributed by atoms with Gasteiger partial charge in [-0.1, -0.05) is 98.2 Å². The van der Waals surface area contributed by atoms with Crippen LogP contribution in [0.25, 0.3) is 0 Å². The molecule has 0 unspecified atom stereocenters. The van der Waals surface area contributed by atoms with Crippen LogP contribution in [0.3, 0.4) is 0 Å². The highest BCUT2D eigenvalue weighted by Gasteiger charge is 2.58. The number of carbonyl (C=O) groups is 10. The Kier molecular flexibility index (Phi) is 28.6. The van der Waals surface area contributed by atoms with E-state index in [1.54, 1.807) is 46.6 Å². The van der Waals surface area contributed by atoms with Crippen molar-refractivity contribution < 1.29 is 102 Å². The molecule has 0 saturated carbocycles. The molecule has 3 fully saturated rings. The number of nitrogens with zero attached hydrogens (tertiary/aromatic N) is 5. The third-order valence-electron chi connectivity index (χ3n) is 19.0. The van der Waals surface area contributed by atoms with Gasteiger partial charge in [-0.2, -0.15) is 0 Å². The summed E-state index contributed by atoms with van der Waals surface area (Å²) in [6, 6.07) is 9.61. The number of anilines is 1. The van der Waals surface area contributed by atoms with Gasteiger partial charge in [0, 0.05) is 99.1 Å². The van der Waals surface area contributed by atoms with Gasteiger partial charge in [0.2, 0.25) is 35.8 Å². The fourth-order valence-corrected chi connectivity index (χ4v) is 13.3. The summed E-state index contributed by atoms with van der Waals surface area (Å²) in [5.74, 6) is -8.53. The lowest BCUT2D eigenvalue weighted by Gasteiger charge is -2.52. The Morgan fingerprint density at radius 1 is 0.814 bits per heavy atom. The standard InChI is InChI=1S/C68H100N8O21/c1-14-39(6)55(48(93-12)33-52(81)75-28-18-21-45(75)60(94-13)41(8)46(77)31-40(7)56(82)43-19-16-15-17-20-43)72(9)63(87)53(37(2)3)71-62(86)54(38(4)5)73(10)67(91)95-34-42-22-23-47(96-65-59(85)57(83)58(84)61(97-65)64(88)89)44(32-42)70-49(78)26-27-69-66(90)68(35-74(36-68)29-30-92-11)76-50(79)24-25-51(76)80/h15-17,19-20,22-25,32,37-41,45,48,53-61,65,82-85H,14,18,21,26-31,33-36H2,1-13H3,(H,69,90)(H,70,78)(H,71,86)(H,88,89)/t39-,40-,41-,45-,48+,53-,54-,55-,56+,57-,58-,59+,60+,61-,65+/m0/s1. The minimum absolute atomic E-state index is 0.00642. The third-order valence-corrected chi connectivity index (χ3v) is 19.0. The number of methoxy groups -OCH3 is 3. The first-order valence-electron chi connectivity index (χ1n) is 33.0. The summed E-state index contributed by atoms with van der Waals surface area (Å²) in [7, 11) is 7.44. The summed E-state index contributed by atoms with van der Waals surface area (Å²) in [6.07, 6.45) is -9.84. The number of ether oxygens (including phenoxy) is 6. The average Bonchev–Trinajstić information content (AvgIpc) is 1.72. The minimum Gasteiger partial charge on any atom is -0.479 e. The van der Waals surface area contributed by atoms with E-state index in [1.165, 1.54) is 51.5 Å². The number of Topliss-reactive ketones (excluding diaryl/α,β-unsaturated/α-hetero) is 1. The van der Waals surface area contributed by atoms with Crippen LogP contribution in [0.5, 0.6) is 5.75 Å². The molecule has 4 aliphatic rings. The van der Waals surface area contributed by atoms with E-state index in [-0.39, 0.29) is 73.0 Å². The van der Waals surface area contributed by atoms with E-state index in [4.69, 9.17) is 28.4 Å². The largest absolute Gasteiger partial charge is 0.479 e. The van der Waals surface area contributed by atoms with Crippen LogP contribution in [0.1, 0.15) is 111 Å². The molecule has 2 aromatic carbocycles. The molecule has 0 aromatic heterocycles. The van der Waals surface area contributed by atoms with Crippen molar-refractivity contribution in [3.05, 3.63) is 71.8 Å². The van der Waals surface area contributed by atoms with E-state index >= 15 is 0 Å². The van der Waals surface area contributed by atoms with Gasteiger partial charge in [-0.25, -0.2) is 9.59 Å². The molecule has 3 saturated heterocycles. The molecule has 8 amide bonds. The molecule has 0 aliphatic carbocycles. The molecule has 4 aliphatic heterocycles. The van der Waals surface area contributed by atoms with Crippen LogP contribution < -0.4 is 20.7 Å². The van der Waals surface area contributed by atoms with Gasteiger partial charge in [0.1, 0.15) is 48.5 Å². The van der Waals surface area contributed by atoms with Gasteiger partial charge in [0.15, 0.2) is 11.6 Å². The number of carboxylic acids is 1. The Morgan fingerprint density at radius 3 is 2.06 bits per heavy atom. The smallest absolute Gasteiger partial charge is 0.410 e. The zero-order valence-corrected chi connectivity index (χ0v) is 57.8. The monoisotopic (exact) mass is 1360 g/mol. The van der Waals surface area contributed by atoms with E-state index in [0.29, 0.717) is 44.5 Å². The lowest BCUT2D eigenvalue weighted by atomic mass is 9.85. The quantitative estimate of drug-likeness (QED) is 0.0458. The van der Waals surface area contributed by atoms with E-state index in [0.717, 1.165) is 22.0 Å². The minimum atomic E-state index is -2.05. The van der Waals surface area contributed by atoms with Crippen molar-refractivity contribution >= 4 is 64.9 Å². The Morgan fingerprint density at radius 2 is 1.47 bits per heavy atom. The van der Waals surface area contributed by atoms with Crippen molar-refractivity contribution in [2.75, 3.05) is 80.1 Å². The van der Waals surface area contributed by atoms with E-state index < -0.39 is 157 Å². The van der Waals surface area contributed by atoms with Crippen LogP contribution >= 0.6 is 0 Å². The van der Waals surface area contributed by atoms with Gasteiger partial charge < -0.3 is 79.7 Å². The van der Waals surface area contributed by atoms with Gasteiger partial charge in [-0.3, -0.25) is 53.1 Å². The summed E-state index contributed by atoms with van der Waals surface area (Å²) in [4.78, 5) is 144. The maximum atomic E-state index is 14.9. The van der Waals surface area contributed by atoms with Gasteiger partial charge in [-0.15, -0.1) is 0 Å². The topological polar surface area (TPSA) is 380 Å². The van der Waals surface area contributed by atoms with Crippen LogP contribution in [-0.2, 0) is 73.4 Å². The fraction of sp³-hybridized carbons (Fsp3) is 0.647. The number of nitrogens with one attached hydrogen (secondary N) is 3. The average molecular weight is 1370 g/mol. The molecule has 0 bridgehead atoms. The number of aliphatic hydroxyl groups is 4. The van der Waals surface area contributed by atoms with Crippen molar-refractivity contribution in [2.24, 2.45) is 29.6 Å². The van der Waals surface area contributed by atoms with Gasteiger partial charge in [-0.05, 0) is 59.8 Å². The molecule has 538 valence electrons. The van der Waals surface area contributed by atoms with Crippen LogP contribution in [0.2, 0.25) is 0 Å². The van der Waals surface area contributed by atoms with Crippen molar-refractivity contribution in [3.63, 3.8) is 0 Å². The third kappa shape index (κ3) is 18.8. The van der Waals surface area contributed by atoms with E-state index in [2.05, 4.69) is 16.0 Å². The predicted molar refractivity (Wildman–Crippen MR) is 349 cm³/mol. The van der Waals surface area contributed by atoms with Crippen molar-refractivity contribution in [1.29, 1.82) is 0 Å². The molecule has 0 spiro atoms. The van der Waals surface area contributed by atoms with Crippen molar-refractivity contribution in [1.82, 2.24) is 35.1 Å². The van der Waals surface area contributed by atoms with Crippen molar-refractivity contribution in [3.8, 4) is 5.75 Å². The second-order valence-corrected chi connectivity index (χ2v) is 26.5. The summed E-state index contributed by atoms with van der Waals surface area (Å²) in [5.41, 5.74) is -0.828. The molecule has 15 atom stereocenters. The number of benzene rings is 2. The SMILES string of the molecule is CC[C@H](C)[C@@H]([C@@H](CC(=O)N1CCC[C@H]1[C@H](OC)[C@@H](C)C(=O)C[C@H](C)[C@@H](O)c1ccccc1)OC)N(C)C(=O)[C@@H](NC(=O)[C@H](C(C)C)N(C)C(=O)OCc1ccc(O[C@@H]2O[C@H](C(=O)O)[C@@H](O)[C@H](O)[C@H]2O)c(NC(=O)CCNC(=O)C2(N3C(=O)C=CC3=O)CN(CCOC)C2)c1)C(C)C. The molecule has 4 heterocycles. The highest BCUT2D eigenvalue weighted by Crippen LogP contribution is 2.36.